The van der Waals surface area contributed by atoms with E-state index in [1.54, 1.807) is 0 Å². The summed E-state index contributed by atoms with van der Waals surface area (Å²) in [4.78, 5) is 6.50. The van der Waals surface area contributed by atoms with Crippen LogP contribution in [0.1, 0.15) is 44.8 Å². The van der Waals surface area contributed by atoms with Gasteiger partial charge in [0.05, 0.1) is 6.54 Å². The summed E-state index contributed by atoms with van der Waals surface area (Å²) in [6.45, 7) is 8.81. The molecule has 0 aliphatic rings. The highest BCUT2D eigenvalue weighted by molar-refractivity contribution is 4.91. The van der Waals surface area contributed by atoms with Crippen LogP contribution in [0, 0.1) is 0 Å². The van der Waals surface area contributed by atoms with Crippen molar-refractivity contribution < 1.29 is 9.63 Å². The summed E-state index contributed by atoms with van der Waals surface area (Å²) in [5, 5.41) is 12.7. The summed E-state index contributed by atoms with van der Waals surface area (Å²) in [6, 6.07) is 0. The van der Waals surface area contributed by atoms with Gasteiger partial charge in [-0.25, -0.2) is 0 Å². The summed E-state index contributed by atoms with van der Waals surface area (Å²) >= 11 is 0. The van der Waals surface area contributed by atoms with Crippen LogP contribution in [0.25, 0.3) is 0 Å². The number of hydrogen-bond donors (Lipinski definition) is 1. The van der Waals surface area contributed by atoms with E-state index in [0.717, 1.165) is 25.3 Å². The Hall–Kier alpha value is -0.940. The van der Waals surface area contributed by atoms with Crippen molar-refractivity contribution in [1.82, 2.24) is 15.0 Å². The molecule has 1 aromatic heterocycles. The Morgan fingerprint density at radius 1 is 1.44 bits per heavy atom. The first-order valence-corrected chi connectivity index (χ1v) is 5.83. The number of aliphatic hydroxyl groups is 1. The quantitative estimate of drug-likeness (QED) is 0.762. The van der Waals surface area contributed by atoms with E-state index >= 15 is 0 Å². The first kappa shape index (κ1) is 13.1. The van der Waals surface area contributed by atoms with Crippen LogP contribution in [0.2, 0.25) is 0 Å². The minimum Gasteiger partial charge on any atom is -0.396 e. The van der Waals surface area contributed by atoms with Crippen molar-refractivity contribution in [3.8, 4) is 0 Å². The van der Waals surface area contributed by atoms with E-state index in [9.17, 15) is 0 Å². The molecule has 0 radical (unpaired) electrons. The maximum atomic E-state index is 8.78. The molecule has 0 aromatic carbocycles. The zero-order chi connectivity index (χ0) is 12.0. The molecule has 92 valence electrons. The van der Waals surface area contributed by atoms with Crippen LogP contribution in [-0.4, -0.2) is 39.8 Å². The van der Waals surface area contributed by atoms with Crippen molar-refractivity contribution in [2.75, 3.05) is 19.7 Å². The lowest BCUT2D eigenvalue weighted by atomic mass is 10.2. The van der Waals surface area contributed by atoms with E-state index in [1.165, 1.54) is 0 Å². The third-order valence-electron chi connectivity index (χ3n) is 2.44. The third-order valence-corrected chi connectivity index (χ3v) is 2.44. The normalized spacial score (nSPS) is 11.6. The number of rotatable bonds is 7. The molecule has 1 aromatic rings. The largest absolute Gasteiger partial charge is 0.396 e. The van der Waals surface area contributed by atoms with Gasteiger partial charge in [0.2, 0.25) is 5.89 Å². The van der Waals surface area contributed by atoms with E-state index in [-0.39, 0.29) is 6.61 Å². The fraction of sp³-hybridized carbons (Fsp3) is 0.818. The fourth-order valence-electron chi connectivity index (χ4n) is 1.40. The van der Waals surface area contributed by atoms with Crippen molar-refractivity contribution in [3.63, 3.8) is 0 Å². The summed E-state index contributed by atoms with van der Waals surface area (Å²) in [6.07, 6.45) is 0.777. The summed E-state index contributed by atoms with van der Waals surface area (Å²) in [7, 11) is 0. The average molecular weight is 227 g/mol. The number of hydrogen-bond acceptors (Lipinski definition) is 5. The molecule has 0 saturated heterocycles. The van der Waals surface area contributed by atoms with Gasteiger partial charge in [-0.2, -0.15) is 4.98 Å². The summed E-state index contributed by atoms with van der Waals surface area (Å²) in [5.74, 6) is 1.71. The molecular weight excluding hydrogens is 206 g/mol. The van der Waals surface area contributed by atoms with Gasteiger partial charge in [0.1, 0.15) is 0 Å². The van der Waals surface area contributed by atoms with Crippen molar-refractivity contribution in [1.29, 1.82) is 0 Å². The van der Waals surface area contributed by atoms with Gasteiger partial charge in [-0.05, 0) is 13.0 Å². The Kier molecular flexibility index (Phi) is 5.42. The monoisotopic (exact) mass is 227 g/mol. The number of aliphatic hydroxyl groups excluding tert-OH is 1. The van der Waals surface area contributed by atoms with Crippen LogP contribution in [-0.2, 0) is 6.54 Å². The molecule has 0 fully saturated rings. The molecule has 0 saturated carbocycles. The molecule has 0 spiro atoms. The zero-order valence-corrected chi connectivity index (χ0v) is 10.3. The number of nitrogens with zero attached hydrogens (tertiary/aromatic N) is 3. The second-order valence-electron chi connectivity index (χ2n) is 4.15. The Bertz CT molecular complexity index is 299. The number of aromatic nitrogens is 2. The molecule has 1 rings (SSSR count). The molecule has 0 atom stereocenters. The standard InChI is InChI=1S/C11H21N3O2/c1-4-14(6-5-7-15)8-10-12-11(9(2)3)13-16-10/h9,15H,4-8H2,1-3H3. The van der Waals surface area contributed by atoms with Gasteiger partial charge < -0.3 is 9.63 Å². The first-order chi connectivity index (χ1) is 7.67. The smallest absolute Gasteiger partial charge is 0.240 e. The van der Waals surface area contributed by atoms with Gasteiger partial charge >= 0.3 is 0 Å². The Morgan fingerprint density at radius 3 is 2.69 bits per heavy atom. The van der Waals surface area contributed by atoms with Crippen LogP contribution in [0.15, 0.2) is 4.52 Å². The van der Waals surface area contributed by atoms with Crippen LogP contribution in [0.5, 0.6) is 0 Å². The van der Waals surface area contributed by atoms with Gasteiger partial charge in [-0.3, -0.25) is 4.90 Å². The van der Waals surface area contributed by atoms with Gasteiger partial charge in [0.15, 0.2) is 5.82 Å². The van der Waals surface area contributed by atoms with Crippen LogP contribution < -0.4 is 0 Å². The minimum atomic E-state index is 0.220. The van der Waals surface area contributed by atoms with E-state index in [2.05, 4.69) is 22.0 Å². The van der Waals surface area contributed by atoms with E-state index in [4.69, 9.17) is 9.63 Å². The summed E-state index contributed by atoms with van der Waals surface area (Å²) in [5.41, 5.74) is 0. The highest BCUT2D eigenvalue weighted by atomic mass is 16.5. The van der Waals surface area contributed by atoms with E-state index in [1.807, 2.05) is 13.8 Å². The van der Waals surface area contributed by atoms with Crippen LogP contribution in [0.4, 0.5) is 0 Å². The molecule has 0 aliphatic heterocycles. The molecule has 0 amide bonds. The Balaban J connectivity index is 2.49. The first-order valence-electron chi connectivity index (χ1n) is 5.83. The van der Waals surface area contributed by atoms with Crippen molar-refractivity contribution in [2.45, 2.75) is 39.7 Å². The molecular formula is C11H21N3O2. The molecule has 1 heterocycles. The topological polar surface area (TPSA) is 62.4 Å². The Morgan fingerprint density at radius 2 is 2.19 bits per heavy atom. The van der Waals surface area contributed by atoms with Crippen LogP contribution >= 0.6 is 0 Å². The highest BCUT2D eigenvalue weighted by Crippen LogP contribution is 2.11. The van der Waals surface area contributed by atoms with Crippen molar-refractivity contribution in [2.24, 2.45) is 0 Å². The Labute approximate surface area is 96.5 Å². The molecule has 0 unspecified atom stereocenters. The molecule has 16 heavy (non-hydrogen) atoms. The van der Waals surface area contributed by atoms with Gasteiger partial charge in [0, 0.05) is 19.1 Å². The van der Waals surface area contributed by atoms with Gasteiger partial charge in [-0.1, -0.05) is 25.9 Å². The van der Waals surface area contributed by atoms with Gasteiger partial charge in [-0.15, -0.1) is 0 Å². The second-order valence-corrected chi connectivity index (χ2v) is 4.15. The maximum absolute atomic E-state index is 8.78. The lowest BCUT2D eigenvalue weighted by Crippen LogP contribution is -2.24. The fourth-order valence-corrected chi connectivity index (χ4v) is 1.40. The molecule has 0 bridgehead atoms. The van der Waals surface area contributed by atoms with Crippen molar-refractivity contribution in [3.05, 3.63) is 11.7 Å². The zero-order valence-electron chi connectivity index (χ0n) is 10.3. The average Bonchev–Trinajstić information content (AvgIpc) is 2.72. The maximum Gasteiger partial charge on any atom is 0.240 e. The third kappa shape index (κ3) is 3.90. The second kappa shape index (κ2) is 6.60. The highest BCUT2D eigenvalue weighted by Gasteiger charge is 2.12. The van der Waals surface area contributed by atoms with Crippen molar-refractivity contribution >= 4 is 0 Å². The lowest BCUT2D eigenvalue weighted by Gasteiger charge is -2.16. The van der Waals surface area contributed by atoms with E-state index in [0.29, 0.717) is 18.4 Å². The molecule has 0 aliphatic carbocycles. The SMILES string of the molecule is CCN(CCCO)Cc1nc(C(C)C)no1. The molecule has 5 heteroatoms. The predicted molar refractivity (Wildman–Crippen MR) is 61.0 cm³/mol. The molecule has 1 N–H and O–H groups in total. The minimum absolute atomic E-state index is 0.220. The van der Waals surface area contributed by atoms with Crippen LogP contribution in [0.3, 0.4) is 0 Å². The predicted octanol–water partition coefficient (Wildman–Crippen LogP) is 1.40. The lowest BCUT2D eigenvalue weighted by molar-refractivity contribution is 0.205. The van der Waals surface area contributed by atoms with Gasteiger partial charge in [0.25, 0.3) is 0 Å². The molecule has 5 nitrogen and oxygen atoms in total. The summed E-state index contributed by atoms with van der Waals surface area (Å²) < 4.78 is 5.17. The van der Waals surface area contributed by atoms with E-state index < -0.39 is 0 Å².